The van der Waals surface area contributed by atoms with Gasteiger partial charge >= 0.3 is 5.97 Å². The van der Waals surface area contributed by atoms with E-state index in [0.717, 1.165) is 35.3 Å². The number of nitrogens with one attached hydrogen (secondary N) is 2. The topological polar surface area (TPSA) is 121 Å². The monoisotopic (exact) mass is 480 g/mol. The molecule has 1 aromatic carbocycles. The first kappa shape index (κ1) is 25.0. The van der Waals surface area contributed by atoms with Crippen molar-refractivity contribution in [3.63, 3.8) is 0 Å². The van der Waals surface area contributed by atoms with Crippen LogP contribution in [0.25, 0.3) is 10.4 Å². The minimum absolute atomic E-state index is 0.188. The van der Waals surface area contributed by atoms with E-state index in [1.807, 2.05) is 18.2 Å². The lowest BCUT2D eigenvalue weighted by Crippen LogP contribution is -2.44. The molecule has 0 bridgehead atoms. The summed E-state index contributed by atoms with van der Waals surface area (Å²) in [7, 11) is 0. The van der Waals surface area contributed by atoms with Crippen LogP contribution in [0.4, 0.5) is 5.69 Å². The SMILES string of the molecule is CCCCc1ccc(C(=O)Nc2ccc(-c3cnc(C(=O)N[C@@H](C(=O)O)C(C)C)s3)cc2)nc1. The molecular weight excluding hydrogens is 452 g/mol. The normalized spacial score (nSPS) is 11.8. The van der Waals surface area contributed by atoms with Gasteiger partial charge in [0.25, 0.3) is 11.8 Å². The second-order valence-corrected chi connectivity index (χ2v) is 9.28. The number of thiazole rings is 1. The Bertz CT molecular complexity index is 1140. The summed E-state index contributed by atoms with van der Waals surface area (Å²) in [6.45, 7) is 5.59. The number of carbonyl (C=O) groups is 3. The first-order valence-electron chi connectivity index (χ1n) is 11.1. The Hall–Kier alpha value is -3.59. The largest absolute Gasteiger partial charge is 0.480 e. The van der Waals surface area contributed by atoms with E-state index < -0.39 is 17.9 Å². The van der Waals surface area contributed by atoms with E-state index in [1.165, 1.54) is 11.3 Å². The maximum Gasteiger partial charge on any atom is 0.326 e. The zero-order valence-corrected chi connectivity index (χ0v) is 20.2. The lowest BCUT2D eigenvalue weighted by Gasteiger charge is -2.16. The van der Waals surface area contributed by atoms with E-state index in [2.05, 4.69) is 27.5 Å². The van der Waals surface area contributed by atoms with Gasteiger partial charge in [0.05, 0.1) is 4.88 Å². The van der Waals surface area contributed by atoms with Crippen LogP contribution in [0, 0.1) is 5.92 Å². The molecule has 0 aliphatic carbocycles. The molecule has 0 saturated heterocycles. The highest BCUT2D eigenvalue weighted by Gasteiger charge is 2.25. The molecule has 0 unspecified atom stereocenters. The van der Waals surface area contributed by atoms with Gasteiger partial charge in [-0.3, -0.25) is 14.6 Å². The average Bonchev–Trinajstić information content (AvgIpc) is 3.32. The Morgan fingerprint density at radius 3 is 2.32 bits per heavy atom. The summed E-state index contributed by atoms with van der Waals surface area (Å²) in [5.74, 6) is -2.14. The number of amides is 2. The number of benzene rings is 1. The van der Waals surface area contributed by atoms with Crippen LogP contribution < -0.4 is 10.6 Å². The average molecular weight is 481 g/mol. The lowest BCUT2D eigenvalue weighted by atomic mass is 10.1. The molecule has 3 N–H and O–H groups in total. The molecule has 3 rings (SSSR count). The standard InChI is InChI=1S/C25H28N4O4S/c1-4-5-6-16-7-12-19(26-13-16)22(30)28-18-10-8-17(9-11-18)20-14-27-24(34-20)23(31)29-21(15(2)3)25(32)33/h7-15,21H,4-6H2,1-3H3,(H,28,30)(H,29,31)(H,32,33)/t21-/m1/s1. The number of carbonyl (C=O) groups excluding carboxylic acids is 2. The van der Waals surface area contributed by atoms with Gasteiger partial charge in [-0.15, -0.1) is 11.3 Å². The second-order valence-electron chi connectivity index (χ2n) is 8.25. The Kier molecular flexibility index (Phi) is 8.48. The second kappa shape index (κ2) is 11.5. The number of aromatic nitrogens is 2. The van der Waals surface area contributed by atoms with Crippen molar-refractivity contribution in [1.29, 1.82) is 0 Å². The van der Waals surface area contributed by atoms with Gasteiger partial charge < -0.3 is 15.7 Å². The number of aliphatic carboxylic acids is 1. The molecule has 2 amide bonds. The number of carboxylic acid groups (broad SMARTS) is 1. The van der Waals surface area contributed by atoms with Gasteiger partial charge in [-0.05, 0) is 48.1 Å². The van der Waals surface area contributed by atoms with Crippen LogP contribution in [0.15, 0.2) is 48.8 Å². The van der Waals surface area contributed by atoms with Crippen LogP contribution in [-0.2, 0) is 11.2 Å². The maximum absolute atomic E-state index is 12.5. The molecule has 3 aromatic rings. The number of nitrogens with zero attached hydrogens (tertiary/aromatic N) is 2. The summed E-state index contributed by atoms with van der Waals surface area (Å²) in [5.41, 5.74) is 2.91. The predicted molar refractivity (Wildman–Crippen MR) is 132 cm³/mol. The minimum Gasteiger partial charge on any atom is -0.480 e. The highest BCUT2D eigenvalue weighted by atomic mass is 32.1. The van der Waals surface area contributed by atoms with Crippen LogP contribution in [0.2, 0.25) is 0 Å². The lowest BCUT2D eigenvalue weighted by molar-refractivity contribution is -0.140. The Morgan fingerprint density at radius 1 is 1.00 bits per heavy atom. The number of unbranched alkanes of at least 4 members (excludes halogenated alkanes) is 1. The van der Waals surface area contributed by atoms with Crippen molar-refractivity contribution in [3.8, 4) is 10.4 Å². The fourth-order valence-corrected chi connectivity index (χ4v) is 4.05. The zero-order valence-electron chi connectivity index (χ0n) is 19.4. The van der Waals surface area contributed by atoms with Crippen molar-refractivity contribution in [2.75, 3.05) is 5.32 Å². The summed E-state index contributed by atoms with van der Waals surface area (Å²) in [5, 5.41) is 14.8. The molecule has 2 heterocycles. The summed E-state index contributed by atoms with van der Waals surface area (Å²) in [6, 6.07) is 9.85. The zero-order chi connectivity index (χ0) is 24.7. The summed E-state index contributed by atoms with van der Waals surface area (Å²) in [4.78, 5) is 45.4. The van der Waals surface area contributed by atoms with Crippen LogP contribution >= 0.6 is 11.3 Å². The third-order valence-corrected chi connectivity index (χ3v) is 6.27. The Balaban J connectivity index is 1.62. The molecule has 0 fully saturated rings. The van der Waals surface area contributed by atoms with E-state index in [0.29, 0.717) is 11.4 Å². The van der Waals surface area contributed by atoms with Crippen molar-refractivity contribution in [1.82, 2.24) is 15.3 Å². The van der Waals surface area contributed by atoms with E-state index in [1.54, 1.807) is 44.4 Å². The summed E-state index contributed by atoms with van der Waals surface area (Å²) < 4.78 is 0. The number of carboxylic acids is 1. The molecule has 0 saturated carbocycles. The van der Waals surface area contributed by atoms with Gasteiger partial charge in [0.1, 0.15) is 11.7 Å². The van der Waals surface area contributed by atoms with Gasteiger partial charge in [0.2, 0.25) is 0 Å². The van der Waals surface area contributed by atoms with Crippen molar-refractivity contribution in [2.24, 2.45) is 5.92 Å². The molecule has 8 nitrogen and oxygen atoms in total. The Morgan fingerprint density at radius 2 is 1.74 bits per heavy atom. The van der Waals surface area contributed by atoms with Crippen LogP contribution in [-0.4, -0.2) is 38.9 Å². The predicted octanol–water partition coefficient (Wildman–Crippen LogP) is 4.64. The van der Waals surface area contributed by atoms with Gasteiger partial charge in [0, 0.05) is 18.1 Å². The molecule has 9 heteroatoms. The first-order chi connectivity index (χ1) is 16.3. The van der Waals surface area contributed by atoms with E-state index >= 15 is 0 Å². The number of hydrogen-bond donors (Lipinski definition) is 3. The molecule has 1 atom stereocenters. The fourth-order valence-electron chi connectivity index (χ4n) is 3.23. The summed E-state index contributed by atoms with van der Waals surface area (Å²) in [6.07, 6.45) is 6.46. The molecule has 0 radical (unpaired) electrons. The number of pyridine rings is 1. The molecule has 34 heavy (non-hydrogen) atoms. The highest BCUT2D eigenvalue weighted by Crippen LogP contribution is 2.27. The molecule has 178 valence electrons. The first-order valence-corrected chi connectivity index (χ1v) is 12.0. The van der Waals surface area contributed by atoms with Crippen LogP contribution in [0.1, 0.15) is 59.5 Å². The Labute approximate surface area is 202 Å². The summed E-state index contributed by atoms with van der Waals surface area (Å²) >= 11 is 1.17. The number of rotatable bonds is 10. The minimum atomic E-state index is -1.08. The molecule has 2 aromatic heterocycles. The molecule has 0 aliphatic rings. The van der Waals surface area contributed by atoms with Crippen LogP contribution in [0.5, 0.6) is 0 Å². The number of hydrogen-bond acceptors (Lipinski definition) is 6. The molecule has 0 spiro atoms. The van der Waals surface area contributed by atoms with Crippen LogP contribution in [0.3, 0.4) is 0 Å². The molecular formula is C25H28N4O4S. The van der Waals surface area contributed by atoms with E-state index in [9.17, 15) is 19.5 Å². The molecule has 0 aliphatic heterocycles. The third kappa shape index (κ3) is 6.48. The number of aryl methyl sites for hydroxylation is 1. The van der Waals surface area contributed by atoms with Crippen molar-refractivity contribution < 1.29 is 19.5 Å². The number of anilines is 1. The van der Waals surface area contributed by atoms with Crippen molar-refractivity contribution >= 4 is 34.8 Å². The van der Waals surface area contributed by atoms with Gasteiger partial charge in [-0.2, -0.15) is 0 Å². The van der Waals surface area contributed by atoms with Gasteiger partial charge in [0.15, 0.2) is 5.01 Å². The smallest absolute Gasteiger partial charge is 0.326 e. The fraction of sp³-hybridized carbons (Fsp3) is 0.320. The third-order valence-electron chi connectivity index (χ3n) is 5.22. The quantitative estimate of drug-likeness (QED) is 0.389. The van der Waals surface area contributed by atoms with Gasteiger partial charge in [-0.1, -0.05) is 45.4 Å². The van der Waals surface area contributed by atoms with Gasteiger partial charge in [-0.25, -0.2) is 9.78 Å². The van der Waals surface area contributed by atoms with Crippen molar-refractivity contribution in [3.05, 3.63) is 65.1 Å². The maximum atomic E-state index is 12.5. The van der Waals surface area contributed by atoms with E-state index in [-0.39, 0.29) is 16.8 Å². The van der Waals surface area contributed by atoms with Crippen molar-refractivity contribution in [2.45, 2.75) is 46.1 Å². The highest BCUT2D eigenvalue weighted by molar-refractivity contribution is 7.17. The van der Waals surface area contributed by atoms with E-state index in [4.69, 9.17) is 0 Å².